The van der Waals surface area contributed by atoms with Crippen molar-refractivity contribution in [3.8, 4) is 18.0 Å². The zero-order valence-corrected chi connectivity index (χ0v) is 22.1. The Kier molecular flexibility index (Phi) is 6.88. The molecule has 1 amide bonds. The Bertz CT molecular complexity index is 1440. The van der Waals surface area contributed by atoms with Crippen LogP contribution in [0.5, 0.6) is 0 Å². The Hall–Kier alpha value is -3.48. The van der Waals surface area contributed by atoms with Crippen LogP contribution in [0.4, 0.5) is 4.39 Å². The highest BCUT2D eigenvalue weighted by Crippen LogP contribution is 2.42. The van der Waals surface area contributed by atoms with Gasteiger partial charge in [0.2, 0.25) is 0 Å². The average molecular weight is 564 g/mol. The van der Waals surface area contributed by atoms with E-state index in [9.17, 15) is 14.0 Å². The van der Waals surface area contributed by atoms with Crippen LogP contribution in [-0.4, -0.2) is 50.5 Å². The summed E-state index contributed by atoms with van der Waals surface area (Å²) in [5, 5.41) is 5.96. The van der Waals surface area contributed by atoms with E-state index in [-0.39, 0.29) is 23.8 Å². The first-order valence-corrected chi connectivity index (χ1v) is 13.1. The van der Waals surface area contributed by atoms with Gasteiger partial charge in [0.15, 0.2) is 0 Å². The highest BCUT2D eigenvalue weighted by molar-refractivity contribution is 9.10. The van der Waals surface area contributed by atoms with E-state index in [1.54, 1.807) is 16.8 Å². The SMILES string of the molecule is C#CCN1N=C(c2ccc(F)cc2)C2(CCN(Cc3c(Br)c(=O)n(-c4ccccc4)n3CC)CC2)C1=O. The van der Waals surface area contributed by atoms with Crippen molar-refractivity contribution in [2.75, 3.05) is 19.6 Å². The monoisotopic (exact) mass is 563 g/mol. The highest BCUT2D eigenvalue weighted by atomic mass is 79.9. The first kappa shape index (κ1) is 25.2. The predicted octanol–water partition coefficient (Wildman–Crippen LogP) is 4.02. The van der Waals surface area contributed by atoms with Crippen LogP contribution in [0.1, 0.15) is 31.0 Å². The second-order valence-corrected chi connectivity index (χ2v) is 10.1. The molecule has 5 rings (SSSR count). The van der Waals surface area contributed by atoms with Crippen LogP contribution in [0.15, 0.2) is 69.0 Å². The van der Waals surface area contributed by atoms with Gasteiger partial charge >= 0.3 is 0 Å². The lowest BCUT2D eigenvalue weighted by molar-refractivity contribution is -0.137. The maximum atomic E-state index is 13.6. The number of aromatic nitrogens is 2. The number of carbonyl (C=O) groups excluding carboxylic acids is 1. The van der Waals surface area contributed by atoms with Crippen molar-refractivity contribution in [2.45, 2.75) is 32.9 Å². The van der Waals surface area contributed by atoms with Crippen LogP contribution >= 0.6 is 15.9 Å². The third-order valence-electron chi connectivity index (χ3n) is 7.25. The van der Waals surface area contributed by atoms with Crippen molar-refractivity contribution in [3.63, 3.8) is 0 Å². The first-order chi connectivity index (χ1) is 17.9. The molecule has 0 aliphatic carbocycles. The third kappa shape index (κ3) is 4.34. The Morgan fingerprint density at radius 1 is 1.08 bits per heavy atom. The lowest BCUT2D eigenvalue weighted by Crippen LogP contribution is -2.49. The number of carbonyl (C=O) groups is 1. The van der Waals surface area contributed by atoms with Gasteiger partial charge in [-0.1, -0.05) is 36.3 Å². The molecule has 3 aromatic rings. The zero-order chi connectivity index (χ0) is 26.2. The van der Waals surface area contributed by atoms with Gasteiger partial charge in [-0.15, -0.1) is 6.42 Å². The molecular weight excluding hydrogens is 537 g/mol. The number of hydrogen-bond donors (Lipinski definition) is 0. The molecule has 3 heterocycles. The van der Waals surface area contributed by atoms with Gasteiger partial charge < -0.3 is 0 Å². The maximum absolute atomic E-state index is 13.6. The van der Waals surface area contributed by atoms with Crippen LogP contribution in [0.3, 0.4) is 0 Å². The molecule has 2 aliphatic rings. The topological polar surface area (TPSA) is 62.8 Å². The van der Waals surface area contributed by atoms with Gasteiger partial charge in [0.05, 0.1) is 22.5 Å². The van der Waals surface area contributed by atoms with Gasteiger partial charge in [-0.05, 0) is 78.6 Å². The molecule has 0 unspecified atom stereocenters. The molecule has 0 bridgehead atoms. The summed E-state index contributed by atoms with van der Waals surface area (Å²) in [7, 11) is 0. The van der Waals surface area contributed by atoms with Crippen molar-refractivity contribution < 1.29 is 9.18 Å². The van der Waals surface area contributed by atoms with E-state index in [1.165, 1.54) is 17.1 Å². The van der Waals surface area contributed by atoms with E-state index in [0.29, 0.717) is 49.2 Å². The molecule has 0 N–H and O–H groups in total. The molecule has 9 heteroatoms. The van der Waals surface area contributed by atoms with Crippen LogP contribution in [-0.2, 0) is 17.9 Å². The fourth-order valence-electron chi connectivity index (χ4n) is 5.37. The van der Waals surface area contributed by atoms with Crippen molar-refractivity contribution in [2.24, 2.45) is 10.5 Å². The first-order valence-electron chi connectivity index (χ1n) is 12.3. The van der Waals surface area contributed by atoms with E-state index in [2.05, 4.69) is 31.9 Å². The van der Waals surface area contributed by atoms with Crippen molar-refractivity contribution in [3.05, 3.63) is 86.5 Å². The number of terminal acetylenes is 1. The molecule has 0 radical (unpaired) electrons. The predicted molar refractivity (Wildman–Crippen MR) is 144 cm³/mol. The average Bonchev–Trinajstić information content (AvgIpc) is 3.32. The number of halogens is 2. The van der Waals surface area contributed by atoms with E-state index in [4.69, 9.17) is 6.42 Å². The number of para-hydroxylation sites is 1. The molecule has 0 atom stereocenters. The van der Waals surface area contributed by atoms with Crippen LogP contribution in [0.2, 0.25) is 0 Å². The molecule has 0 saturated carbocycles. The number of benzene rings is 2. The number of hydrazone groups is 1. The molecule has 2 aliphatic heterocycles. The fraction of sp³-hybridized carbons (Fsp3) is 0.321. The Morgan fingerprint density at radius 2 is 1.76 bits per heavy atom. The normalized spacial score (nSPS) is 17.3. The Morgan fingerprint density at radius 3 is 2.38 bits per heavy atom. The van der Waals surface area contributed by atoms with Crippen molar-refractivity contribution in [1.82, 2.24) is 19.3 Å². The number of hydrogen-bond acceptors (Lipinski definition) is 4. The number of amides is 1. The second kappa shape index (κ2) is 10.1. The van der Waals surface area contributed by atoms with E-state index >= 15 is 0 Å². The minimum Gasteiger partial charge on any atom is -0.297 e. The van der Waals surface area contributed by atoms with Gasteiger partial charge in [0, 0.05) is 13.1 Å². The van der Waals surface area contributed by atoms with Crippen molar-refractivity contribution >= 4 is 27.5 Å². The number of likely N-dealkylation sites (tertiary alicyclic amines) is 1. The summed E-state index contributed by atoms with van der Waals surface area (Å²) in [5.41, 5.74) is 2.18. The molecule has 1 spiro atoms. The van der Waals surface area contributed by atoms with Crippen LogP contribution in [0.25, 0.3) is 5.69 Å². The van der Waals surface area contributed by atoms with Gasteiger partial charge in [-0.2, -0.15) is 5.10 Å². The molecule has 190 valence electrons. The summed E-state index contributed by atoms with van der Waals surface area (Å²) in [6.07, 6.45) is 6.60. The maximum Gasteiger partial charge on any atom is 0.286 e. The zero-order valence-electron chi connectivity index (χ0n) is 20.5. The quantitative estimate of drug-likeness (QED) is 0.425. The van der Waals surface area contributed by atoms with Gasteiger partial charge in [0.25, 0.3) is 11.5 Å². The summed E-state index contributed by atoms with van der Waals surface area (Å²) in [6.45, 7) is 4.57. The number of piperidine rings is 1. The van der Waals surface area contributed by atoms with E-state index in [0.717, 1.165) is 16.9 Å². The Balaban J connectivity index is 1.41. The standard InChI is InChI=1S/C28H27BrFN5O2/c1-3-16-33-27(37)28(25(31-33)20-10-12-21(30)13-11-20)14-17-32(18-15-28)19-23-24(29)26(36)35(34(23)4-2)22-8-6-5-7-9-22/h1,5-13H,4,14-19H2,2H3. The minimum absolute atomic E-state index is 0.0950. The van der Waals surface area contributed by atoms with Crippen molar-refractivity contribution in [1.29, 1.82) is 0 Å². The summed E-state index contributed by atoms with van der Waals surface area (Å²) < 4.78 is 17.8. The third-order valence-corrected chi connectivity index (χ3v) is 8.04. The number of rotatable bonds is 6. The molecule has 37 heavy (non-hydrogen) atoms. The van der Waals surface area contributed by atoms with Gasteiger partial charge in [0.1, 0.15) is 16.8 Å². The molecular formula is C28H27BrFN5O2. The second-order valence-electron chi connectivity index (χ2n) is 9.31. The lowest BCUT2D eigenvalue weighted by Gasteiger charge is -2.38. The molecule has 1 aromatic heterocycles. The molecule has 1 saturated heterocycles. The summed E-state index contributed by atoms with van der Waals surface area (Å²) in [4.78, 5) is 28.9. The van der Waals surface area contributed by atoms with E-state index < -0.39 is 5.41 Å². The van der Waals surface area contributed by atoms with Gasteiger partial charge in [-0.3, -0.25) is 19.2 Å². The number of nitrogens with zero attached hydrogens (tertiary/aromatic N) is 5. The van der Waals surface area contributed by atoms with Gasteiger partial charge in [-0.25, -0.2) is 14.1 Å². The van der Waals surface area contributed by atoms with Crippen LogP contribution in [0, 0.1) is 23.6 Å². The Labute approximate surface area is 223 Å². The van der Waals surface area contributed by atoms with Crippen LogP contribution < -0.4 is 5.56 Å². The summed E-state index contributed by atoms with van der Waals surface area (Å²) >= 11 is 3.55. The molecule has 1 fully saturated rings. The molecule has 2 aromatic carbocycles. The fourth-order valence-corrected chi connectivity index (χ4v) is 5.87. The minimum atomic E-state index is -0.803. The summed E-state index contributed by atoms with van der Waals surface area (Å²) in [5.74, 6) is 2.07. The largest absolute Gasteiger partial charge is 0.297 e. The smallest absolute Gasteiger partial charge is 0.286 e. The summed E-state index contributed by atoms with van der Waals surface area (Å²) in [6, 6.07) is 15.7. The van der Waals surface area contributed by atoms with E-state index in [1.807, 2.05) is 41.9 Å². The lowest BCUT2D eigenvalue weighted by atomic mass is 9.72. The molecule has 7 nitrogen and oxygen atoms in total. The highest BCUT2D eigenvalue weighted by Gasteiger charge is 2.52.